The van der Waals surface area contributed by atoms with Crippen molar-refractivity contribution < 1.29 is 24.5 Å². The molecule has 136 valence electrons. The van der Waals surface area contributed by atoms with E-state index in [1.54, 1.807) is 42.5 Å². The minimum absolute atomic E-state index is 0.00528. The zero-order valence-electron chi connectivity index (χ0n) is 14.1. The first-order chi connectivity index (χ1) is 12.9. The highest BCUT2D eigenvalue weighted by molar-refractivity contribution is 6.02. The maximum Gasteiger partial charge on any atom is 0.339 e. The average molecular weight is 364 g/mol. The van der Waals surface area contributed by atoms with Crippen LogP contribution in [0.1, 0.15) is 39.6 Å². The number of phenolic OH excluding ortho intramolecular Hbond substituents is 1. The Labute approximate surface area is 154 Å². The molecule has 27 heavy (non-hydrogen) atoms. The summed E-state index contributed by atoms with van der Waals surface area (Å²) in [7, 11) is 0. The summed E-state index contributed by atoms with van der Waals surface area (Å²) >= 11 is 0. The molecule has 1 aliphatic rings. The van der Waals surface area contributed by atoms with Crippen molar-refractivity contribution in [1.82, 2.24) is 0 Å². The van der Waals surface area contributed by atoms with Crippen molar-refractivity contribution in [2.75, 3.05) is 0 Å². The Morgan fingerprint density at radius 2 is 1.70 bits per heavy atom. The summed E-state index contributed by atoms with van der Waals surface area (Å²) in [5.74, 6) is -1.91. The summed E-state index contributed by atoms with van der Waals surface area (Å²) in [4.78, 5) is 24.6. The van der Waals surface area contributed by atoms with Crippen molar-refractivity contribution in [3.8, 4) is 11.5 Å². The number of ketones is 1. The van der Waals surface area contributed by atoms with Crippen LogP contribution in [-0.4, -0.2) is 21.1 Å². The molecule has 0 bridgehead atoms. The number of phenols is 1. The van der Waals surface area contributed by atoms with Gasteiger partial charge in [-0.25, -0.2) is 4.79 Å². The minimum Gasteiger partial charge on any atom is -0.508 e. The number of aromatic hydroxyl groups is 2. The first-order valence-electron chi connectivity index (χ1n) is 8.37. The number of rotatable bonds is 2. The van der Waals surface area contributed by atoms with E-state index in [0.29, 0.717) is 11.1 Å². The number of hydrogen-bond acceptors (Lipinski definition) is 6. The highest BCUT2D eigenvalue weighted by Gasteiger charge is 2.49. The number of carbonyl (C=O) groups is 1. The summed E-state index contributed by atoms with van der Waals surface area (Å²) in [6.45, 7) is 0. The van der Waals surface area contributed by atoms with E-state index in [1.165, 1.54) is 12.1 Å². The summed E-state index contributed by atoms with van der Waals surface area (Å²) < 4.78 is 5.28. The molecule has 0 saturated heterocycles. The highest BCUT2D eigenvalue weighted by Crippen LogP contribution is 2.50. The van der Waals surface area contributed by atoms with Crippen LogP contribution in [0.25, 0.3) is 0 Å². The van der Waals surface area contributed by atoms with E-state index >= 15 is 0 Å². The van der Waals surface area contributed by atoms with Crippen LogP contribution in [0, 0.1) is 0 Å². The molecule has 0 amide bonds. The highest BCUT2D eigenvalue weighted by atomic mass is 16.4. The lowest BCUT2D eigenvalue weighted by molar-refractivity contribution is 0.00211. The van der Waals surface area contributed by atoms with E-state index in [1.807, 2.05) is 0 Å². The SMILES string of the molecule is O=C1C[C@@](O)(c2ccccc2)[C@@H](c2cc(O)cc(=O)o2)c2cccc(O)c21. The van der Waals surface area contributed by atoms with E-state index in [4.69, 9.17) is 4.42 Å². The molecule has 4 rings (SSSR count). The van der Waals surface area contributed by atoms with E-state index in [2.05, 4.69) is 0 Å². The van der Waals surface area contributed by atoms with Gasteiger partial charge in [-0.2, -0.15) is 0 Å². The Kier molecular flexibility index (Phi) is 3.86. The fourth-order valence-electron chi connectivity index (χ4n) is 3.80. The maximum atomic E-state index is 12.7. The van der Waals surface area contributed by atoms with Gasteiger partial charge in [-0.1, -0.05) is 42.5 Å². The molecule has 2 aromatic carbocycles. The standard InChI is InChI=1S/C21H16O6/c22-13-9-17(27-18(25)10-13)20-14-7-4-8-15(23)19(14)16(24)11-21(20,26)12-5-2-1-3-6-12/h1-10,20,22-23,26H,11H2/t20-,21-/m1/s1. The second kappa shape index (κ2) is 6.10. The third kappa shape index (κ3) is 2.71. The predicted octanol–water partition coefficient (Wildman–Crippen LogP) is 2.66. The van der Waals surface area contributed by atoms with Crippen molar-refractivity contribution in [2.45, 2.75) is 17.9 Å². The first kappa shape index (κ1) is 17.1. The normalized spacial score (nSPS) is 21.7. The molecule has 0 aliphatic heterocycles. The molecule has 1 heterocycles. The van der Waals surface area contributed by atoms with E-state index < -0.39 is 22.9 Å². The zero-order chi connectivity index (χ0) is 19.2. The molecule has 0 unspecified atom stereocenters. The Balaban J connectivity index is 2.05. The van der Waals surface area contributed by atoms with E-state index in [-0.39, 0.29) is 29.2 Å². The van der Waals surface area contributed by atoms with Crippen molar-refractivity contribution >= 4 is 5.78 Å². The van der Waals surface area contributed by atoms with Crippen LogP contribution in [0.4, 0.5) is 0 Å². The van der Waals surface area contributed by atoms with Gasteiger partial charge in [-0.15, -0.1) is 0 Å². The molecule has 6 nitrogen and oxygen atoms in total. The van der Waals surface area contributed by atoms with Gasteiger partial charge in [0.1, 0.15) is 22.9 Å². The number of carbonyl (C=O) groups excluding carboxylic acids is 1. The monoisotopic (exact) mass is 364 g/mol. The molecule has 0 saturated carbocycles. The van der Waals surface area contributed by atoms with Gasteiger partial charge in [0.05, 0.1) is 17.5 Å². The van der Waals surface area contributed by atoms with E-state index in [0.717, 1.165) is 6.07 Å². The van der Waals surface area contributed by atoms with Crippen molar-refractivity contribution in [3.05, 3.63) is 93.5 Å². The van der Waals surface area contributed by atoms with Crippen molar-refractivity contribution in [2.24, 2.45) is 0 Å². The van der Waals surface area contributed by atoms with Gasteiger partial charge >= 0.3 is 5.63 Å². The quantitative estimate of drug-likeness (QED) is 0.645. The first-order valence-corrected chi connectivity index (χ1v) is 8.37. The minimum atomic E-state index is -1.72. The van der Waals surface area contributed by atoms with Gasteiger partial charge in [0.2, 0.25) is 0 Å². The number of benzene rings is 2. The second-order valence-corrected chi connectivity index (χ2v) is 6.60. The van der Waals surface area contributed by atoms with Crippen molar-refractivity contribution in [1.29, 1.82) is 0 Å². The van der Waals surface area contributed by atoms with Crippen LogP contribution >= 0.6 is 0 Å². The number of hydrogen-bond donors (Lipinski definition) is 3. The third-order valence-electron chi connectivity index (χ3n) is 4.90. The molecule has 1 aliphatic carbocycles. The average Bonchev–Trinajstić information content (AvgIpc) is 2.61. The lowest BCUT2D eigenvalue weighted by Crippen LogP contribution is -2.41. The molecule has 6 heteroatoms. The molecule has 0 radical (unpaired) electrons. The summed E-state index contributed by atoms with van der Waals surface area (Å²) in [5, 5.41) is 31.7. The zero-order valence-corrected chi connectivity index (χ0v) is 14.1. The van der Waals surface area contributed by atoms with Crippen LogP contribution < -0.4 is 5.63 Å². The molecule has 3 N–H and O–H groups in total. The van der Waals surface area contributed by atoms with Gasteiger partial charge < -0.3 is 19.7 Å². The Morgan fingerprint density at radius 1 is 0.963 bits per heavy atom. The van der Waals surface area contributed by atoms with Crippen LogP contribution in [0.3, 0.4) is 0 Å². The lowest BCUT2D eigenvalue weighted by Gasteiger charge is -2.40. The molecule has 3 aromatic rings. The van der Waals surface area contributed by atoms with Crippen LogP contribution in [0.15, 0.2) is 69.9 Å². The van der Waals surface area contributed by atoms with Gasteiger partial charge in [-0.05, 0) is 17.2 Å². The Morgan fingerprint density at radius 3 is 2.41 bits per heavy atom. The molecule has 0 spiro atoms. The second-order valence-electron chi connectivity index (χ2n) is 6.60. The summed E-state index contributed by atoms with van der Waals surface area (Å²) in [6.07, 6.45) is -0.314. The van der Waals surface area contributed by atoms with Crippen LogP contribution in [0.2, 0.25) is 0 Å². The largest absolute Gasteiger partial charge is 0.508 e. The number of fused-ring (bicyclic) bond motifs is 1. The van der Waals surface area contributed by atoms with Crippen LogP contribution in [-0.2, 0) is 5.60 Å². The molecule has 2 atom stereocenters. The fraction of sp³-hybridized carbons (Fsp3) is 0.143. The number of Topliss-reactive ketones (excluding diaryl/α,β-unsaturated/α-hetero) is 1. The van der Waals surface area contributed by atoms with Gasteiger partial charge in [0.15, 0.2) is 5.78 Å². The van der Waals surface area contributed by atoms with Gasteiger partial charge in [0, 0.05) is 12.5 Å². The molecular weight excluding hydrogens is 348 g/mol. The van der Waals surface area contributed by atoms with Crippen molar-refractivity contribution in [3.63, 3.8) is 0 Å². The molecule has 1 aromatic heterocycles. The Hall–Kier alpha value is -3.38. The third-order valence-corrected chi connectivity index (χ3v) is 4.90. The smallest absolute Gasteiger partial charge is 0.339 e. The predicted molar refractivity (Wildman–Crippen MR) is 95.9 cm³/mol. The topological polar surface area (TPSA) is 108 Å². The molecular formula is C21H16O6. The van der Waals surface area contributed by atoms with Crippen LogP contribution in [0.5, 0.6) is 11.5 Å². The van der Waals surface area contributed by atoms with Gasteiger partial charge in [0.25, 0.3) is 0 Å². The Bertz CT molecular complexity index is 1090. The fourth-order valence-corrected chi connectivity index (χ4v) is 3.80. The summed E-state index contributed by atoms with van der Waals surface area (Å²) in [6, 6.07) is 15.3. The maximum absolute atomic E-state index is 12.7. The summed E-state index contributed by atoms with van der Waals surface area (Å²) in [5.41, 5.74) is -1.63. The lowest BCUT2D eigenvalue weighted by atomic mass is 9.67. The van der Waals surface area contributed by atoms with E-state index in [9.17, 15) is 24.9 Å². The van der Waals surface area contributed by atoms with Gasteiger partial charge in [-0.3, -0.25) is 4.79 Å². The molecule has 0 fully saturated rings. The number of aliphatic hydroxyl groups is 1.